The van der Waals surface area contributed by atoms with Crippen LogP contribution in [0.2, 0.25) is 0 Å². The third-order valence-electron chi connectivity index (χ3n) is 2.25. The van der Waals surface area contributed by atoms with Crippen LogP contribution in [0.3, 0.4) is 0 Å². The third kappa shape index (κ3) is 3.08. The predicted molar refractivity (Wildman–Crippen MR) is 61.1 cm³/mol. The number of rotatable bonds is 6. The maximum atomic E-state index is 5.70. The maximum absolute atomic E-state index is 5.70. The number of hydrogen-bond acceptors (Lipinski definition) is 3. The van der Waals surface area contributed by atoms with E-state index in [1.807, 2.05) is 12.5 Å². The predicted octanol–water partition coefficient (Wildman–Crippen LogP) is 0.516. The molecule has 3 N–H and O–H groups in total. The van der Waals surface area contributed by atoms with Crippen LogP contribution in [-0.4, -0.2) is 22.6 Å². The normalized spacial score (nSPS) is 12.3. The SMILES string of the molecule is C#CCNC(CN)c1cncn1CCC. The molecule has 0 fully saturated rings. The van der Waals surface area contributed by atoms with Crippen LogP contribution in [0.25, 0.3) is 0 Å². The van der Waals surface area contributed by atoms with Crippen molar-refractivity contribution in [2.45, 2.75) is 25.9 Å². The van der Waals surface area contributed by atoms with Gasteiger partial charge in [-0.2, -0.15) is 0 Å². The van der Waals surface area contributed by atoms with Crippen molar-refractivity contribution in [1.29, 1.82) is 0 Å². The summed E-state index contributed by atoms with van der Waals surface area (Å²) in [6, 6.07) is 0.0927. The lowest BCUT2D eigenvalue weighted by Crippen LogP contribution is -2.30. The second kappa shape index (κ2) is 6.23. The molecule has 1 aromatic heterocycles. The van der Waals surface area contributed by atoms with Gasteiger partial charge in [-0.15, -0.1) is 6.42 Å². The van der Waals surface area contributed by atoms with Gasteiger partial charge in [-0.25, -0.2) is 4.98 Å². The molecular weight excluding hydrogens is 188 g/mol. The minimum Gasteiger partial charge on any atom is -0.333 e. The van der Waals surface area contributed by atoms with E-state index in [4.69, 9.17) is 12.2 Å². The molecule has 0 aromatic carbocycles. The Morgan fingerprint density at radius 1 is 1.73 bits per heavy atom. The number of aromatic nitrogens is 2. The Morgan fingerprint density at radius 3 is 3.13 bits per heavy atom. The van der Waals surface area contributed by atoms with Gasteiger partial charge in [-0.3, -0.25) is 5.32 Å². The molecule has 0 aliphatic heterocycles. The highest BCUT2D eigenvalue weighted by Gasteiger charge is 2.12. The molecule has 0 aliphatic rings. The average Bonchev–Trinajstić information content (AvgIpc) is 2.68. The van der Waals surface area contributed by atoms with Gasteiger partial charge in [0.15, 0.2) is 0 Å². The number of aryl methyl sites for hydroxylation is 1. The summed E-state index contributed by atoms with van der Waals surface area (Å²) < 4.78 is 2.11. The maximum Gasteiger partial charge on any atom is 0.0948 e. The Balaban J connectivity index is 2.72. The van der Waals surface area contributed by atoms with Gasteiger partial charge in [0.25, 0.3) is 0 Å². The van der Waals surface area contributed by atoms with Crippen molar-refractivity contribution in [3.8, 4) is 12.3 Å². The summed E-state index contributed by atoms with van der Waals surface area (Å²) in [6.45, 7) is 4.15. The summed E-state index contributed by atoms with van der Waals surface area (Å²) in [4.78, 5) is 4.13. The zero-order valence-electron chi connectivity index (χ0n) is 9.11. The van der Waals surface area contributed by atoms with Crippen LogP contribution >= 0.6 is 0 Å². The molecule has 0 saturated heterocycles. The van der Waals surface area contributed by atoms with Crippen molar-refractivity contribution in [2.75, 3.05) is 13.1 Å². The topological polar surface area (TPSA) is 55.9 Å². The van der Waals surface area contributed by atoms with Crippen LogP contribution in [0.5, 0.6) is 0 Å². The third-order valence-corrected chi connectivity index (χ3v) is 2.25. The number of nitrogens with one attached hydrogen (secondary N) is 1. The van der Waals surface area contributed by atoms with Crippen LogP contribution in [0.15, 0.2) is 12.5 Å². The Kier molecular flexibility index (Phi) is 4.88. The summed E-state index contributed by atoms with van der Waals surface area (Å²) in [5.74, 6) is 2.55. The molecule has 0 amide bonds. The molecule has 0 radical (unpaired) electrons. The fourth-order valence-electron chi connectivity index (χ4n) is 1.54. The highest BCUT2D eigenvalue weighted by atomic mass is 15.1. The second-order valence-electron chi connectivity index (χ2n) is 3.39. The summed E-state index contributed by atoms with van der Waals surface area (Å²) in [7, 11) is 0. The van der Waals surface area contributed by atoms with Gasteiger partial charge in [0.1, 0.15) is 0 Å². The standard InChI is InChI=1S/C11H18N4/c1-3-5-14-10(7-12)11-8-13-9-15(11)6-4-2/h1,8-10,14H,4-7,12H2,2H3. The quantitative estimate of drug-likeness (QED) is 0.667. The van der Waals surface area contributed by atoms with Crippen molar-refractivity contribution in [1.82, 2.24) is 14.9 Å². The highest BCUT2D eigenvalue weighted by Crippen LogP contribution is 2.11. The number of imidazole rings is 1. The van der Waals surface area contributed by atoms with Gasteiger partial charge in [0.2, 0.25) is 0 Å². The van der Waals surface area contributed by atoms with Gasteiger partial charge >= 0.3 is 0 Å². The molecule has 1 heterocycles. The fourth-order valence-corrected chi connectivity index (χ4v) is 1.54. The summed E-state index contributed by atoms with van der Waals surface area (Å²) in [6.07, 6.45) is 9.96. The van der Waals surface area contributed by atoms with E-state index in [0.29, 0.717) is 13.1 Å². The Labute approximate surface area is 90.9 Å². The van der Waals surface area contributed by atoms with Crippen LogP contribution < -0.4 is 11.1 Å². The van der Waals surface area contributed by atoms with Crippen molar-refractivity contribution in [3.05, 3.63) is 18.2 Å². The van der Waals surface area contributed by atoms with Gasteiger partial charge < -0.3 is 10.3 Å². The lowest BCUT2D eigenvalue weighted by molar-refractivity contribution is 0.523. The van der Waals surface area contributed by atoms with Crippen LogP contribution in [0, 0.1) is 12.3 Å². The molecule has 0 spiro atoms. The zero-order valence-corrected chi connectivity index (χ0v) is 9.11. The van der Waals surface area contributed by atoms with E-state index in [-0.39, 0.29) is 6.04 Å². The van der Waals surface area contributed by atoms with E-state index in [1.54, 1.807) is 0 Å². The van der Waals surface area contributed by atoms with Gasteiger partial charge in [0, 0.05) is 19.3 Å². The second-order valence-corrected chi connectivity index (χ2v) is 3.39. The van der Waals surface area contributed by atoms with Crippen LogP contribution in [0.4, 0.5) is 0 Å². The highest BCUT2D eigenvalue weighted by molar-refractivity contribution is 5.07. The van der Waals surface area contributed by atoms with E-state index in [2.05, 4.69) is 27.7 Å². The van der Waals surface area contributed by atoms with Crippen LogP contribution in [-0.2, 0) is 6.54 Å². The van der Waals surface area contributed by atoms with E-state index in [0.717, 1.165) is 18.7 Å². The van der Waals surface area contributed by atoms with Gasteiger partial charge in [0.05, 0.1) is 24.6 Å². The van der Waals surface area contributed by atoms with E-state index in [9.17, 15) is 0 Å². The lowest BCUT2D eigenvalue weighted by Gasteiger charge is -2.17. The summed E-state index contributed by atoms with van der Waals surface area (Å²) in [5, 5.41) is 3.20. The number of terminal acetylenes is 1. The summed E-state index contributed by atoms with van der Waals surface area (Å²) >= 11 is 0. The van der Waals surface area contributed by atoms with E-state index < -0.39 is 0 Å². The molecule has 0 aliphatic carbocycles. The molecule has 15 heavy (non-hydrogen) atoms. The van der Waals surface area contributed by atoms with Crippen molar-refractivity contribution in [2.24, 2.45) is 5.73 Å². The molecule has 0 saturated carbocycles. The summed E-state index contributed by atoms with van der Waals surface area (Å²) in [5.41, 5.74) is 6.80. The van der Waals surface area contributed by atoms with Crippen LogP contribution in [0.1, 0.15) is 25.1 Å². The first kappa shape index (κ1) is 11.8. The number of nitrogens with two attached hydrogens (primary N) is 1. The van der Waals surface area contributed by atoms with Crippen molar-refractivity contribution >= 4 is 0 Å². The smallest absolute Gasteiger partial charge is 0.0948 e. The lowest BCUT2D eigenvalue weighted by atomic mass is 10.2. The average molecular weight is 206 g/mol. The molecular formula is C11H18N4. The van der Waals surface area contributed by atoms with E-state index >= 15 is 0 Å². The monoisotopic (exact) mass is 206 g/mol. The van der Waals surface area contributed by atoms with Crippen molar-refractivity contribution in [3.63, 3.8) is 0 Å². The number of hydrogen-bond donors (Lipinski definition) is 2. The molecule has 1 rings (SSSR count). The molecule has 82 valence electrons. The number of nitrogens with zero attached hydrogens (tertiary/aromatic N) is 2. The zero-order chi connectivity index (χ0) is 11.1. The van der Waals surface area contributed by atoms with Crippen molar-refractivity contribution < 1.29 is 0 Å². The molecule has 4 nitrogen and oxygen atoms in total. The minimum atomic E-state index is 0.0927. The Hall–Kier alpha value is -1.31. The fraction of sp³-hybridized carbons (Fsp3) is 0.545. The Bertz CT molecular complexity index is 324. The molecule has 4 heteroatoms. The van der Waals surface area contributed by atoms with E-state index in [1.165, 1.54) is 0 Å². The largest absolute Gasteiger partial charge is 0.333 e. The molecule has 1 aromatic rings. The first-order chi connectivity index (χ1) is 7.33. The van der Waals surface area contributed by atoms with Gasteiger partial charge in [-0.1, -0.05) is 12.8 Å². The molecule has 0 bridgehead atoms. The Morgan fingerprint density at radius 2 is 2.53 bits per heavy atom. The minimum absolute atomic E-state index is 0.0927. The first-order valence-electron chi connectivity index (χ1n) is 5.20. The van der Waals surface area contributed by atoms with Gasteiger partial charge in [-0.05, 0) is 6.42 Å². The molecule has 1 atom stereocenters. The molecule has 1 unspecified atom stereocenters. The first-order valence-corrected chi connectivity index (χ1v) is 5.20.